The third-order valence-corrected chi connectivity index (χ3v) is 6.46. The first-order valence-electron chi connectivity index (χ1n) is 13.7. The Morgan fingerprint density at radius 1 is 1.03 bits per heavy atom. The predicted octanol–water partition coefficient (Wildman–Crippen LogP) is 5.47. The van der Waals surface area contributed by atoms with Gasteiger partial charge in [-0.2, -0.15) is 0 Å². The van der Waals surface area contributed by atoms with Crippen molar-refractivity contribution in [3.8, 4) is 0 Å². The van der Waals surface area contributed by atoms with Crippen molar-refractivity contribution in [3.05, 3.63) is 71.3 Å². The quantitative estimate of drug-likeness (QED) is 0.411. The van der Waals surface area contributed by atoms with Crippen molar-refractivity contribution in [1.29, 1.82) is 0 Å². The van der Waals surface area contributed by atoms with Gasteiger partial charge in [-0.05, 0) is 65.0 Å². The van der Waals surface area contributed by atoms with Gasteiger partial charge in [0.05, 0.1) is 0 Å². The maximum Gasteiger partial charge on any atom is 0.408 e. The summed E-state index contributed by atoms with van der Waals surface area (Å²) < 4.78 is 5.50. The van der Waals surface area contributed by atoms with Gasteiger partial charge in [-0.3, -0.25) is 9.59 Å². The SMILES string of the molecule is CCCC(C)NC(=O)C(c1cccc(C)c1)N(C(=O)C(Cc1ccccc1)NC(=O)OC(C)(C)C)C1CC1. The van der Waals surface area contributed by atoms with Crippen LogP contribution in [0, 0.1) is 6.92 Å². The number of benzene rings is 2. The normalized spacial score (nSPS) is 15.6. The minimum absolute atomic E-state index is 0.0176. The molecular weight excluding hydrogens is 478 g/mol. The Hall–Kier alpha value is -3.35. The van der Waals surface area contributed by atoms with Crippen LogP contribution in [-0.4, -0.2) is 46.5 Å². The number of alkyl carbamates (subject to hydrolysis) is 1. The molecule has 1 fully saturated rings. The fourth-order valence-electron chi connectivity index (χ4n) is 4.66. The van der Waals surface area contributed by atoms with Crippen LogP contribution < -0.4 is 10.6 Å². The monoisotopic (exact) mass is 521 g/mol. The minimum atomic E-state index is -0.888. The lowest BCUT2D eigenvalue weighted by Crippen LogP contribution is -2.55. The molecule has 3 amide bonds. The van der Waals surface area contributed by atoms with Gasteiger partial charge < -0.3 is 20.3 Å². The molecule has 1 aliphatic carbocycles. The molecule has 2 aromatic rings. The summed E-state index contributed by atoms with van der Waals surface area (Å²) in [4.78, 5) is 42.6. The van der Waals surface area contributed by atoms with E-state index in [2.05, 4.69) is 17.6 Å². The third-order valence-electron chi connectivity index (χ3n) is 6.46. The Morgan fingerprint density at radius 2 is 1.71 bits per heavy atom. The molecule has 0 radical (unpaired) electrons. The molecule has 3 rings (SSSR count). The molecule has 7 heteroatoms. The highest BCUT2D eigenvalue weighted by molar-refractivity contribution is 5.93. The minimum Gasteiger partial charge on any atom is -0.444 e. The second-order valence-electron chi connectivity index (χ2n) is 11.4. The summed E-state index contributed by atoms with van der Waals surface area (Å²) in [5.41, 5.74) is 1.98. The van der Waals surface area contributed by atoms with E-state index in [1.807, 2.05) is 68.4 Å². The molecule has 1 aliphatic rings. The smallest absolute Gasteiger partial charge is 0.408 e. The lowest BCUT2D eigenvalue weighted by atomic mass is 9.98. The number of nitrogens with one attached hydrogen (secondary N) is 2. The Morgan fingerprint density at radius 3 is 2.29 bits per heavy atom. The largest absolute Gasteiger partial charge is 0.444 e. The van der Waals surface area contributed by atoms with Crippen LogP contribution in [0.4, 0.5) is 4.79 Å². The Labute approximate surface area is 227 Å². The van der Waals surface area contributed by atoms with E-state index < -0.39 is 23.8 Å². The fourth-order valence-corrected chi connectivity index (χ4v) is 4.66. The van der Waals surface area contributed by atoms with E-state index in [4.69, 9.17) is 4.74 Å². The Balaban J connectivity index is 1.99. The maximum absolute atomic E-state index is 14.3. The first-order chi connectivity index (χ1) is 18.0. The predicted molar refractivity (Wildman–Crippen MR) is 150 cm³/mol. The summed E-state index contributed by atoms with van der Waals surface area (Å²) in [5.74, 6) is -0.487. The van der Waals surface area contributed by atoms with Gasteiger partial charge in [0.1, 0.15) is 17.7 Å². The van der Waals surface area contributed by atoms with Gasteiger partial charge in [-0.25, -0.2) is 4.79 Å². The van der Waals surface area contributed by atoms with Crippen molar-refractivity contribution in [2.24, 2.45) is 0 Å². The molecule has 7 nitrogen and oxygen atoms in total. The van der Waals surface area contributed by atoms with Crippen LogP contribution in [0.2, 0.25) is 0 Å². The first-order valence-corrected chi connectivity index (χ1v) is 13.7. The molecule has 1 saturated carbocycles. The fraction of sp³-hybridized carbons (Fsp3) is 0.516. The molecule has 0 aliphatic heterocycles. The zero-order chi connectivity index (χ0) is 27.9. The van der Waals surface area contributed by atoms with Gasteiger partial charge in [0.2, 0.25) is 11.8 Å². The van der Waals surface area contributed by atoms with Crippen molar-refractivity contribution in [2.45, 2.75) is 103 Å². The lowest BCUT2D eigenvalue weighted by molar-refractivity contribution is -0.143. The molecule has 2 aromatic carbocycles. The highest BCUT2D eigenvalue weighted by Gasteiger charge is 2.44. The van der Waals surface area contributed by atoms with Crippen LogP contribution in [0.15, 0.2) is 54.6 Å². The van der Waals surface area contributed by atoms with Crippen LogP contribution in [0.25, 0.3) is 0 Å². The van der Waals surface area contributed by atoms with E-state index in [1.165, 1.54) is 0 Å². The van der Waals surface area contributed by atoms with Gasteiger partial charge in [0.25, 0.3) is 0 Å². The number of carbonyl (C=O) groups is 3. The highest BCUT2D eigenvalue weighted by Crippen LogP contribution is 2.36. The zero-order valence-corrected chi connectivity index (χ0v) is 23.6. The summed E-state index contributed by atoms with van der Waals surface area (Å²) >= 11 is 0. The average Bonchev–Trinajstić information content (AvgIpc) is 3.66. The van der Waals surface area contributed by atoms with E-state index >= 15 is 0 Å². The van der Waals surface area contributed by atoms with E-state index in [9.17, 15) is 14.4 Å². The molecule has 0 aromatic heterocycles. The average molecular weight is 522 g/mol. The number of hydrogen-bond donors (Lipinski definition) is 2. The molecule has 3 unspecified atom stereocenters. The second kappa shape index (κ2) is 12.9. The molecule has 3 atom stereocenters. The summed E-state index contributed by atoms with van der Waals surface area (Å²) in [5, 5.41) is 5.95. The second-order valence-corrected chi connectivity index (χ2v) is 11.4. The van der Waals surface area contributed by atoms with Crippen molar-refractivity contribution in [1.82, 2.24) is 15.5 Å². The van der Waals surface area contributed by atoms with E-state index in [0.29, 0.717) is 0 Å². The number of ether oxygens (including phenoxy) is 1. The van der Waals surface area contributed by atoms with Crippen LogP contribution in [-0.2, 0) is 20.7 Å². The zero-order valence-electron chi connectivity index (χ0n) is 23.6. The summed E-state index contributed by atoms with van der Waals surface area (Å²) in [6.07, 6.45) is 3.06. The van der Waals surface area contributed by atoms with Crippen molar-refractivity contribution in [2.75, 3.05) is 0 Å². The molecule has 206 valence electrons. The van der Waals surface area contributed by atoms with Crippen molar-refractivity contribution < 1.29 is 19.1 Å². The van der Waals surface area contributed by atoms with Crippen LogP contribution >= 0.6 is 0 Å². The molecule has 0 bridgehead atoms. The number of carbonyl (C=O) groups excluding carboxylic acids is 3. The molecule has 0 spiro atoms. The molecular formula is C31H43N3O4. The topological polar surface area (TPSA) is 87.7 Å². The molecule has 2 N–H and O–H groups in total. The van der Waals surface area contributed by atoms with E-state index in [1.54, 1.807) is 25.7 Å². The first kappa shape index (κ1) is 29.2. The van der Waals surface area contributed by atoms with Crippen molar-refractivity contribution >= 4 is 17.9 Å². The summed E-state index contributed by atoms with van der Waals surface area (Å²) in [6, 6.07) is 15.5. The van der Waals surface area contributed by atoms with Gasteiger partial charge >= 0.3 is 6.09 Å². The Kier molecular flexibility index (Phi) is 9.95. The lowest BCUT2D eigenvalue weighted by Gasteiger charge is -2.35. The van der Waals surface area contributed by atoms with Crippen LogP contribution in [0.5, 0.6) is 0 Å². The van der Waals surface area contributed by atoms with Crippen LogP contribution in [0.1, 0.15) is 83.0 Å². The summed E-state index contributed by atoms with van der Waals surface area (Å²) in [6.45, 7) is 11.4. The molecule has 0 heterocycles. The van der Waals surface area contributed by atoms with Gasteiger partial charge in [0.15, 0.2) is 0 Å². The highest BCUT2D eigenvalue weighted by atomic mass is 16.6. The standard InChI is InChI=1S/C31H43N3O4/c1-7-12-22(3)32-28(35)27(24-16-11-13-21(2)19-24)34(25-17-18-25)29(36)26(20-23-14-9-8-10-15-23)33-30(37)38-31(4,5)6/h8-11,13-16,19,22,25-27H,7,12,17-18,20H2,1-6H3,(H,32,35)(H,33,37). The summed E-state index contributed by atoms with van der Waals surface area (Å²) in [7, 11) is 0. The number of hydrogen-bond acceptors (Lipinski definition) is 4. The third kappa shape index (κ3) is 8.61. The number of rotatable bonds is 11. The van der Waals surface area contributed by atoms with Crippen LogP contribution in [0.3, 0.4) is 0 Å². The number of amides is 3. The number of aryl methyl sites for hydroxylation is 1. The molecule has 0 saturated heterocycles. The van der Waals surface area contributed by atoms with E-state index in [0.717, 1.165) is 42.4 Å². The van der Waals surface area contributed by atoms with Gasteiger partial charge in [-0.1, -0.05) is 73.5 Å². The van der Waals surface area contributed by atoms with Crippen molar-refractivity contribution in [3.63, 3.8) is 0 Å². The maximum atomic E-state index is 14.3. The molecule has 38 heavy (non-hydrogen) atoms. The Bertz CT molecular complexity index is 1090. The van der Waals surface area contributed by atoms with Gasteiger partial charge in [-0.15, -0.1) is 0 Å². The number of nitrogens with zero attached hydrogens (tertiary/aromatic N) is 1. The van der Waals surface area contributed by atoms with Gasteiger partial charge in [0, 0.05) is 18.5 Å². The van der Waals surface area contributed by atoms with E-state index in [-0.39, 0.29) is 30.3 Å².